The van der Waals surface area contributed by atoms with Crippen molar-refractivity contribution in [2.75, 3.05) is 13.1 Å². The average Bonchev–Trinajstić information content (AvgIpc) is 3.30. The first kappa shape index (κ1) is 19.2. The zero-order valence-corrected chi connectivity index (χ0v) is 17.3. The number of likely N-dealkylation sites (tertiary alicyclic amines) is 1. The molecule has 1 fully saturated rings. The maximum absolute atomic E-state index is 12.2. The Labute approximate surface area is 170 Å². The van der Waals surface area contributed by atoms with Crippen LogP contribution in [0.5, 0.6) is 0 Å². The molecule has 0 radical (unpaired) electrons. The van der Waals surface area contributed by atoms with Crippen LogP contribution >= 0.6 is 11.3 Å². The second-order valence-electron chi connectivity index (χ2n) is 7.82. The molecule has 148 valence electrons. The molecule has 2 aromatic heterocycles. The van der Waals surface area contributed by atoms with E-state index in [-0.39, 0.29) is 5.91 Å². The molecule has 0 aliphatic carbocycles. The van der Waals surface area contributed by atoms with E-state index in [4.69, 9.17) is 4.42 Å². The molecule has 1 aliphatic rings. The summed E-state index contributed by atoms with van der Waals surface area (Å²) >= 11 is 1.90. The second kappa shape index (κ2) is 8.93. The molecule has 1 aromatic carbocycles. The molecule has 1 saturated heterocycles. The molecule has 4 nitrogen and oxygen atoms in total. The van der Waals surface area contributed by atoms with Gasteiger partial charge in [0.2, 0.25) is 5.91 Å². The third kappa shape index (κ3) is 5.03. The van der Waals surface area contributed by atoms with Gasteiger partial charge in [0.15, 0.2) is 0 Å². The van der Waals surface area contributed by atoms with Gasteiger partial charge in [0.1, 0.15) is 11.5 Å². The van der Waals surface area contributed by atoms with Crippen molar-refractivity contribution in [3.8, 4) is 0 Å². The number of nitrogens with zero attached hydrogens (tertiary/aromatic N) is 1. The van der Waals surface area contributed by atoms with Crippen LogP contribution in [0, 0.1) is 12.8 Å². The Morgan fingerprint density at radius 1 is 1.29 bits per heavy atom. The minimum absolute atomic E-state index is 0.121. The van der Waals surface area contributed by atoms with Crippen LogP contribution in [0.2, 0.25) is 0 Å². The summed E-state index contributed by atoms with van der Waals surface area (Å²) in [6.07, 6.45) is 4.02. The van der Waals surface area contributed by atoms with Crippen molar-refractivity contribution >= 4 is 27.3 Å². The van der Waals surface area contributed by atoms with E-state index >= 15 is 0 Å². The molecule has 1 aliphatic heterocycles. The number of piperidine rings is 1. The number of benzene rings is 1. The van der Waals surface area contributed by atoms with E-state index in [2.05, 4.69) is 40.5 Å². The lowest BCUT2D eigenvalue weighted by atomic mass is 9.93. The summed E-state index contributed by atoms with van der Waals surface area (Å²) in [5, 5.41) is 4.32. The molecule has 28 heavy (non-hydrogen) atoms. The molecular formula is C23H28N2O2S. The molecule has 1 unspecified atom stereocenters. The van der Waals surface area contributed by atoms with Crippen molar-refractivity contribution in [2.45, 2.75) is 45.7 Å². The normalized spacial score (nSPS) is 17.8. The Bertz CT molecular complexity index is 896. The largest absolute Gasteiger partial charge is 0.465 e. The Morgan fingerprint density at radius 3 is 3.00 bits per heavy atom. The summed E-state index contributed by atoms with van der Waals surface area (Å²) in [4.78, 5) is 16.2. The van der Waals surface area contributed by atoms with Gasteiger partial charge in [-0.1, -0.05) is 18.2 Å². The topological polar surface area (TPSA) is 45.5 Å². The van der Waals surface area contributed by atoms with Crippen LogP contribution in [-0.2, 0) is 17.9 Å². The van der Waals surface area contributed by atoms with E-state index in [0.717, 1.165) is 37.6 Å². The van der Waals surface area contributed by atoms with Gasteiger partial charge in [0, 0.05) is 29.1 Å². The lowest BCUT2D eigenvalue weighted by Gasteiger charge is -2.32. The molecule has 0 saturated carbocycles. The van der Waals surface area contributed by atoms with Crippen LogP contribution in [-0.4, -0.2) is 23.9 Å². The first-order valence-electron chi connectivity index (χ1n) is 10.2. The van der Waals surface area contributed by atoms with Gasteiger partial charge in [-0.25, -0.2) is 0 Å². The molecule has 3 aromatic rings. The molecule has 1 N–H and O–H groups in total. The van der Waals surface area contributed by atoms with Gasteiger partial charge < -0.3 is 9.73 Å². The Balaban J connectivity index is 1.22. The number of amides is 1. The van der Waals surface area contributed by atoms with Crippen LogP contribution in [0.3, 0.4) is 0 Å². The molecule has 3 heterocycles. The smallest absolute Gasteiger partial charge is 0.220 e. The van der Waals surface area contributed by atoms with E-state index in [9.17, 15) is 4.79 Å². The Morgan fingerprint density at radius 2 is 2.18 bits per heavy atom. The van der Waals surface area contributed by atoms with Gasteiger partial charge >= 0.3 is 0 Å². The summed E-state index contributed by atoms with van der Waals surface area (Å²) in [5.74, 6) is 2.43. The number of aryl methyl sites for hydroxylation is 1. The number of furan rings is 1. The van der Waals surface area contributed by atoms with Crippen LogP contribution in [0.25, 0.3) is 10.1 Å². The van der Waals surface area contributed by atoms with Gasteiger partial charge in [0.05, 0.1) is 6.54 Å². The summed E-state index contributed by atoms with van der Waals surface area (Å²) in [7, 11) is 0. The van der Waals surface area contributed by atoms with Gasteiger partial charge in [-0.3, -0.25) is 9.69 Å². The highest BCUT2D eigenvalue weighted by Gasteiger charge is 2.21. The highest BCUT2D eigenvalue weighted by Crippen LogP contribution is 2.28. The minimum atomic E-state index is 0.121. The molecule has 0 spiro atoms. The van der Waals surface area contributed by atoms with Crippen LogP contribution < -0.4 is 5.32 Å². The summed E-state index contributed by atoms with van der Waals surface area (Å²) < 4.78 is 6.87. The van der Waals surface area contributed by atoms with Gasteiger partial charge in [-0.2, -0.15) is 0 Å². The fourth-order valence-corrected chi connectivity index (χ4v) is 5.16. The zero-order valence-electron chi connectivity index (χ0n) is 16.4. The van der Waals surface area contributed by atoms with E-state index in [1.165, 1.54) is 27.8 Å². The maximum atomic E-state index is 12.2. The van der Waals surface area contributed by atoms with Crippen LogP contribution in [0.1, 0.15) is 42.1 Å². The third-order valence-electron chi connectivity index (χ3n) is 5.49. The number of hydrogen-bond acceptors (Lipinski definition) is 4. The van der Waals surface area contributed by atoms with Crippen molar-refractivity contribution < 1.29 is 9.21 Å². The Hall–Kier alpha value is -2.11. The quantitative estimate of drug-likeness (QED) is 0.603. The van der Waals surface area contributed by atoms with Crippen LogP contribution in [0.4, 0.5) is 0 Å². The Kier molecular flexibility index (Phi) is 6.13. The molecule has 5 heteroatoms. The van der Waals surface area contributed by atoms with Crippen molar-refractivity contribution in [2.24, 2.45) is 5.92 Å². The number of hydrogen-bond donors (Lipinski definition) is 1. The minimum Gasteiger partial charge on any atom is -0.465 e. The number of thiophene rings is 1. The van der Waals surface area contributed by atoms with Crippen molar-refractivity contribution in [1.29, 1.82) is 0 Å². The van der Waals surface area contributed by atoms with Crippen molar-refractivity contribution in [1.82, 2.24) is 10.2 Å². The predicted molar refractivity (Wildman–Crippen MR) is 114 cm³/mol. The number of carbonyl (C=O) groups is 1. The van der Waals surface area contributed by atoms with E-state index in [1.54, 1.807) is 0 Å². The zero-order chi connectivity index (χ0) is 19.3. The van der Waals surface area contributed by atoms with E-state index in [1.807, 2.05) is 30.4 Å². The van der Waals surface area contributed by atoms with Crippen molar-refractivity contribution in [3.63, 3.8) is 0 Å². The SMILES string of the molecule is Cc1ccc(CNC(=O)CCC2CCCN(Cc3cc4ccccc4s3)C2)o1. The summed E-state index contributed by atoms with van der Waals surface area (Å²) in [5.41, 5.74) is 0. The number of rotatable bonds is 7. The standard InChI is InChI=1S/C23H28N2O2S/c1-17-8-10-20(27-17)14-24-23(26)11-9-18-5-4-12-25(15-18)16-21-13-19-6-2-3-7-22(19)28-21/h2-3,6-8,10,13,18H,4-5,9,11-12,14-16H2,1H3,(H,24,26). The number of nitrogens with one attached hydrogen (secondary N) is 1. The summed E-state index contributed by atoms with van der Waals surface area (Å²) in [6, 6.07) is 14.8. The molecular weight excluding hydrogens is 368 g/mol. The van der Waals surface area contributed by atoms with Gasteiger partial charge in [0.25, 0.3) is 0 Å². The first-order chi connectivity index (χ1) is 13.7. The van der Waals surface area contributed by atoms with E-state index in [0.29, 0.717) is 18.9 Å². The van der Waals surface area contributed by atoms with Gasteiger partial charge in [-0.05, 0) is 68.3 Å². The third-order valence-corrected chi connectivity index (χ3v) is 6.60. The fraction of sp³-hybridized carbons (Fsp3) is 0.435. The lowest BCUT2D eigenvalue weighted by molar-refractivity contribution is -0.121. The maximum Gasteiger partial charge on any atom is 0.220 e. The monoisotopic (exact) mass is 396 g/mol. The number of carbonyl (C=O) groups excluding carboxylic acids is 1. The van der Waals surface area contributed by atoms with Crippen molar-refractivity contribution in [3.05, 3.63) is 58.9 Å². The highest BCUT2D eigenvalue weighted by molar-refractivity contribution is 7.19. The van der Waals surface area contributed by atoms with E-state index < -0.39 is 0 Å². The first-order valence-corrected chi connectivity index (χ1v) is 11.0. The van der Waals surface area contributed by atoms with Crippen LogP contribution in [0.15, 0.2) is 46.9 Å². The van der Waals surface area contributed by atoms with Gasteiger partial charge in [-0.15, -0.1) is 11.3 Å². The summed E-state index contributed by atoms with van der Waals surface area (Å²) in [6.45, 7) is 5.68. The predicted octanol–water partition coefficient (Wildman–Crippen LogP) is 5.11. The molecule has 1 atom stereocenters. The number of fused-ring (bicyclic) bond motifs is 1. The molecule has 1 amide bonds. The second-order valence-corrected chi connectivity index (χ2v) is 8.99. The lowest BCUT2D eigenvalue weighted by Crippen LogP contribution is -2.35. The fourth-order valence-electron chi connectivity index (χ4n) is 4.06. The highest BCUT2D eigenvalue weighted by atomic mass is 32.1. The average molecular weight is 397 g/mol. The molecule has 0 bridgehead atoms. The molecule has 4 rings (SSSR count).